The molecule has 0 atom stereocenters. The predicted octanol–water partition coefficient (Wildman–Crippen LogP) is 4.93. The monoisotopic (exact) mass is 232 g/mol. The van der Waals surface area contributed by atoms with Crippen LogP contribution in [0.25, 0.3) is 0 Å². The minimum absolute atomic E-state index is 1.01. The molecular weight excluding hydrogens is 212 g/mol. The van der Waals surface area contributed by atoms with Crippen molar-refractivity contribution in [3.63, 3.8) is 0 Å². The van der Waals surface area contributed by atoms with E-state index in [1.54, 1.807) is 11.8 Å². The Bertz CT molecular complexity index is 414. The number of allylic oxidation sites excluding steroid dienone is 2. The Kier molecular flexibility index (Phi) is 4.88. The minimum Gasteiger partial charge on any atom is -0.104 e. The molecule has 0 fully saturated rings. The van der Waals surface area contributed by atoms with E-state index in [1.165, 1.54) is 22.3 Å². The van der Waals surface area contributed by atoms with Crippen molar-refractivity contribution in [3.8, 4) is 0 Å². The Hall–Kier alpha value is -0.950. The molecule has 0 aliphatic rings. The molecule has 0 aliphatic heterocycles. The molecule has 1 aromatic rings. The van der Waals surface area contributed by atoms with E-state index in [0.717, 1.165) is 11.3 Å². The third-order valence-corrected chi connectivity index (χ3v) is 3.39. The van der Waals surface area contributed by atoms with Crippen LogP contribution in [0.3, 0.4) is 0 Å². The van der Waals surface area contributed by atoms with Crippen LogP contribution in [0.1, 0.15) is 29.2 Å². The first-order valence-corrected chi connectivity index (χ1v) is 6.42. The zero-order valence-electron chi connectivity index (χ0n) is 10.6. The maximum atomic E-state index is 3.85. The second-order valence-electron chi connectivity index (χ2n) is 4.26. The fourth-order valence-corrected chi connectivity index (χ4v) is 2.00. The predicted molar refractivity (Wildman–Crippen MR) is 75.9 cm³/mol. The first kappa shape index (κ1) is 13.1. The standard InChI is InChI=1S/C15H20S/c1-11(2)16-8-6-7-15-10-13(4)12(3)9-14(15)5/h6,8-10H,1,7H2,2-5H3/b8-6+. The molecule has 0 N–H and O–H groups in total. The number of hydrogen-bond donors (Lipinski definition) is 0. The van der Waals surface area contributed by atoms with E-state index in [1.807, 2.05) is 6.92 Å². The summed E-state index contributed by atoms with van der Waals surface area (Å²) in [6.07, 6.45) is 3.21. The zero-order valence-corrected chi connectivity index (χ0v) is 11.4. The molecular formula is C15H20S. The summed E-state index contributed by atoms with van der Waals surface area (Å²) in [6.45, 7) is 12.4. The number of aryl methyl sites for hydroxylation is 3. The molecule has 0 heterocycles. The van der Waals surface area contributed by atoms with Gasteiger partial charge in [-0.3, -0.25) is 0 Å². The van der Waals surface area contributed by atoms with E-state index in [0.29, 0.717) is 0 Å². The van der Waals surface area contributed by atoms with Crippen molar-refractivity contribution in [2.24, 2.45) is 0 Å². The summed E-state index contributed by atoms with van der Waals surface area (Å²) in [6, 6.07) is 4.56. The molecule has 0 aliphatic carbocycles. The Morgan fingerprint density at radius 2 is 1.81 bits per heavy atom. The van der Waals surface area contributed by atoms with Crippen LogP contribution in [0.4, 0.5) is 0 Å². The van der Waals surface area contributed by atoms with Crippen molar-refractivity contribution in [3.05, 3.63) is 57.4 Å². The summed E-state index contributed by atoms with van der Waals surface area (Å²) in [7, 11) is 0. The molecule has 16 heavy (non-hydrogen) atoms. The van der Waals surface area contributed by atoms with Crippen LogP contribution in [-0.4, -0.2) is 0 Å². The van der Waals surface area contributed by atoms with E-state index in [2.05, 4.69) is 51.0 Å². The minimum atomic E-state index is 1.01. The highest BCUT2D eigenvalue weighted by Gasteiger charge is 1.99. The molecule has 0 unspecified atom stereocenters. The van der Waals surface area contributed by atoms with Crippen molar-refractivity contribution in [1.82, 2.24) is 0 Å². The lowest BCUT2D eigenvalue weighted by molar-refractivity contribution is 1.17. The van der Waals surface area contributed by atoms with E-state index in [9.17, 15) is 0 Å². The first-order valence-electron chi connectivity index (χ1n) is 5.54. The number of hydrogen-bond acceptors (Lipinski definition) is 1. The van der Waals surface area contributed by atoms with Gasteiger partial charge in [0.05, 0.1) is 0 Å². The van der Waals surface area contributed by atoms with Gasteiger partial charge in [-0.25, -0.2) is 0 Å². The average Bonchev–Trinajstić information content (AvgIpc) is 2.19. The molecule has 0 aromatic heterocycles. The van der Waals surface area contributed by atoms with Crippen LogP contribution in [0.15, 0.2) is 35.1 Å². The smallest absolute Gasteiger partial charge is 0.00864 e. The fourth-order valence-electron chi connectivity index (χ4n) is 1.58. The number of rotatable bonds is 4. The highest BCUT2D eigenvalue weighted by molar-refractivity contribution is 8.05. The van der Waals surface area contributed by atoms with Crippen LogP contribution < -0.4 is 0 Å². The molecule has 1 heteroatoms. The molecule has 0 bridgehead atoms. The van der Waals surface area contributed by atoms with Gasteiger partial charge >= 0.3 is 0 Å². The molecule has 0 amide bonds. The van der Waals surface area contributed by atoms with Gasteiger partial charge in [-0.2, -0.15) is 0 Å². The third kappa shape index (κ3) is 3.90. The Morgan fingerprint density at radius 3 is 2.44 bits per heavy atom. The highest BCUT2D eigenvalue weighted by atomic mass is 32.2. The Labute approximate surface area is 103 Å². The van der Waals surface area contributed by atoms with Crippen molar-refractivity contribution >= 4 is 11.8 Å². The van der Waals surface area contributed by atoms with E-state index >= 15 is 0 Å². The summed E-state index contributed by atoms with van der Waals surface area (Å²) in [5.41, 5.74) is 5.55. The van der Waals surface area contributed by atoms with Crippen molar-refractivity contribution in [2.75, 3.05) is 0 Å². The summed E-state index contributed by atoms with van der Waals surface area (Å²) >= 11 is 1.69. The van der Waals surface area contributed by atoms with Crippen LogP contribution in [0.2, 0.25) is 0 Å². The summed E-state index contributed by atoms with van der Waals surface area (Å²) in [4.78, 5) is 1.13. The first-order chi connectivity index (χ1) is 7.50. The highest BCUT2D eigenvalue weighted by Crippen LogP contribution is 2.18. The van der Waals surface area contributed by atoms with Gasteiger partial charge in [-0.05, 0) is 66.7 Å². The summed E-state index contributed by atoms with van der Waals surface area (Å²) in [5, 5.41) is 2.12. The van der Waals surface area contributed by atoms with Crippen LogP contribution in [-0.2, 0) is 6.42 Å². The van der Waals surface area contributed by atoms with Gasteiger partial charge in [0.2, 0.25) is 0 Å². The van der Waals surface area contributed by atoms with Crippen LogP contribution in [0, 0.1) is 20.8 Å². The molecule has 0 saturated carbocycles. The van der Waals surface area contributed by atoms with Crippen molar-refractivity contribution in [2.45, 2.75) is 34.1 Å². The average molecular weight is 232 g/mol. The second kappa shape index (κ2) is 5.95. The lowest BCUT2D eigenvalue weighted by Crippen LogP contribution is -1.91. The second-order valence-corrected chi connectivity index (χ2v) is 5.46. The molecule has 0 spiro atoms. The summed E-state index contributed by atoms with van der Waals surface area (Å²) < 4.78 is 0. The lowest BCUT2D eigenvalue weighted by atomic mass is 9.99. The van der Waals surface area contributed by atoms with E-state index in [4.69, 9.17) is 0 Å². The Balaban J connectivity index is 2.71. The maximum absolute atomic E-state index is 3.85. The molecule has 0 saturated heterocycles. The molecule has 1 aromatic carbocycles. The quantitative estimate of drug-likeness (QED) is 0.709. The third-order valence-electron chi connectivity index (χ3n) is 2.66. The maximum Gasteiger partial charge on any atom is -0.00864 e. The van der Waals surface area contributed by atoms with E-state index < -0.39 is 0 Å². The number of benzene rings is 1. The number of thioether (sulfide) groups is 1. The normalized spacial score (nSPS) is 11.0. The SMILES string of the molecule is C=C(C)S/C=C/Cc1cc(C)c(C)cc1C. The van der Waals surface area contributed by atoms with Crippen LogP contribution in [0.5, 0.6) is 0 Å². The Morgan fingerprint density at radius 1 is 1.19 bits per heavy atom. The molecule has 0 nitrogen and oxygen atoms in total. The zero-order chi connectivity index (χ0) is 12.1. The largest absolute Gasteiger partial charge is 0.104 e. The van der Waals surface area contributed by atoms with Crippen LogP contribution >= 0.6 is 11.8 Å². The topological polar surface area (TPSA) is 0 Å². The van der Waals surface area contributed by atoms with Gasteiger partial charge < -0.3 is 0 Å². The van der Waals surface area contributed by atoms with E-state index in [-0.39, 0.29) is 0 Å². The summed E-state index contributed by atoms with van der Waals surface area (Å²) in [5.74, 6) is 0. The molecule has 1 rings (SSSR count). The molecule has 0 radical (unpaired) electrons. The van der Waals surface area contributed by atoms with Gasteiger partial charge in [-0.15, -0.1) is 11.8 Å². The van der Waals surface area contributed by atoms with Gasteiger partial charge in [-0.1, -0.05) is 24.8 Å². The van der Waals surface area contributed by atoms with Gasteiger partial charge in [0.15, 0.2) is 0 Å². The molecule has 86 valence electrons. The van der Waals surface area contributed by atoms with Crippen molar-refractivity contribution in [1.29, 1.82) is 0 Å². The van der Waals surface area contributed by atoms with Crippen molar-refractivity contribution < 1.29 is 0 Å². The lowest BCUT2D eigenvalue weighted by Gasteiger charge is -2.07. The van der Waals surface area contributed by atoms with Gasteiger partial charge in [0, 0.05) is 0 Å². The van der Waals surface area contributed by atoms with Gasteiger partial charge in [0.1, 0.15) is 0 Å². The fraction of sp³-hybridized carbons (Fsp3) is 0.333. The van der Waals surface area contributed by atoms with Gasteiger partial charge in [0.25, 0.3) is 0 Å².